The lowest BCUT2D eigenvalue weighted by atomic mass is 9.82. The van der Waals surface area contributed by atoms with Gasteiger partial charge in [-0.1, -0.05) is 6.92 Å². The van der Waals surface area contributed by atoms with E-state index >= 15 is 0 Å². The molecule has 0 aromatic rings. The molecule has 3 N–H and O–H groups in total. The Kier molecular flexibility index (Phi) is 2.88. The van der Waals surface area contributed by atoms with Gasteiger partial charge in [0.05, 0.1) is 0 Å². The van der Waals surface area contributed by atoms with Gasteiger partial charge >= 0.3 is 0 Å². The van der Waals surface area contributed by atoms with Crippen molar-refractivity contribution in [3.8, 4) is 0 Å². The highest BCUT2D eigenvalue weighted by molar-refractivity contribution is 5.76. The van der Waals surface area contributed by atoms with Gasteiger partial charge < -0.3 is 11.1 Å². The second-order valence-electron chi connectivity index (χ2n) is 3.38. The van der Waals surface area contributed by atoms with Crippen LogP contribution in [0.4, 0.5) is 0 Å². The van der Waals surface area contributed by atoms with Crippen LogP contribution in [0, 0.1) is 5.92 Å². The van der Waals surface area contributed by atoms with Gasteiger partial charge in [-0.15, -0.1) is 0 Å². The Morgan fingerprint density at radius 3 is 2.73 bits per heavy atom. The number of rotatable bonds is 3. The lowest BCUT2D eigenvalue weighted by molar-refractivity contribution is -0.122. The average molecular weight is 156 g/mol. The SMILES string of the molecule is CC1CC(NC(=O)CCN)C1. The fourth-order valence-corrected chi connectivity index (χ4v) is 1.45. The van der Waals surface area contributed by atoms with Crippen LogP contribution >= 0.6 is 0 Å². The van der Waals surface area contributed by atoms with E-state index in [1.165, 1.54) is 0 Å². The van der Waals surface area contributed by atoms with Crippen molar-refractivity contribution in [2.45, 2.75) is 32.2 Å². The summed E-state index contributed by atoms with van der Waals surface area (Å²) in [5.41, 5.74) is 5.23. The number of hydrogen-bond acceptors (Lipinski definition) is 2. The van der Waals surface area contributed by atoms with Crippen molar-refractivity contribution in [1.29, 1.82) is 0 Å². The standard InChI is InChI=1S/C8H16N2O/c1-6-4-7(5-6)10-8(11)2-3-9/h6-7H,2-5,9H2,1H3,(H,10,11). The van der Waals surface area contributed by atoms with Gasteiger partial charge in [0.1, 0.15) is 0 Å². The molecule has 0 saturated heterocycles. The summed E-state index contributed by atoms with van der Waals surface area (Å²) in [7, 11) is 0. The van der Waals surface area contributed by atoms with Gasteiger partial charge in [0, 0.05) is 19.0 Å². The second-order valence-corrected chi connectivity index (χ2v) is 3.38. The van der Waals surface area contributed by atoms with Crippen molar-refractivity contribution in [2.75, 3.05) is 6.54 Å². The van der Waals surface area contributed by atoms with Crippen LogP contribution in [0.25, 0.3) is 0 Å². The fourth-order valence-electron chi connectivity index (χ4n) is 1.45. The molecule has 0 aliphatic heterocycles. The number of hydrogen-bond donors (Lipinski definition) is 2. The number of nitrogens with two attached hydrogens (primary N) is 1. The third kappa shape index (κ3) is 2.50. The van der Waals surface area contributed by atoms with Crippen molar-refractivity contribution >= 4 is 5.91 Å². The Morgan fingerprint density at radius 1 is 1.64 bits per heavy atom. The van der Waals surface area contributed by atoms with Crippen molar-refractivity contribution in [3.05, 3.63) is 0 Å². The minimum absolute atomic E-state index is 0.101. The van der Waals surface area contributed by atoms with Crippen LogP contribution in [0.2, 0.25) is 0 Å². The van der Waals surface area contributed by atoms with Gasteiger partial charge in [-0.3, -0.25) is 4.79 Å². The van der Waals surface area contributed by atoms with Crippen molar-refractivity contribution < 1.29 is 4.79 Å². The molecule has 1 saturated carbocycles. The molecule has 0 aromatic carbocycles. The van der Waals surface area contributed by atoms with Crippen LogP contribution in [-0.4, -0.2) is 18.5 Å². The molecular formula is C8H16N2O. The average Bonchev–Trinajstić information content (AvgIpc) is 1.85. The molecule has 1 aliphatic rings. The summed E-state index contributed by atoms with van der Waals surface area (Å²) >= 11 is 0. The van der Waals surface area contributed by atoms with E-state index in [1.54, 1.807) is 0 Å². The maximum atomic E-state index is 11.0. The van der Waals surface area contributed by atoms with E-state index in [9.17, 15) is 4.79 Å². The van der Waals surface area contributed by atoms with Crippen LogP contribution in [-0.2, 0) is 4.79 Å². The van der Waals surface area contributed by atoms with Gasteiger partial charge in [-0.2, -0.15) is 0 Å². The molecule has 0 radical (unpaired) electrons. The predicted molar refractivity (Wildman–Crippen MR) is 44.0 cm³/mol. The Hall–Kier alpha value is -0.570. The number of carbonyl (C=O) groups excluding carboxylic acids is 1. The van der Waals surface area contributed by atoms with Crippen LogP contribution < -0.4 is 11.1 Å². The highest BCUT2D eigenvalue weighted by Gasteiger charge is 2.25. The summed E-state index contributed by atoms with van der Waals surface area (Å²) in [6, 6.07) is 0.434. The van der Waals surface area contributed by atoms with Crippen molar-refractivity contribution in [2.24, 2.45) is 11.7 Å². The van der Waals surface area contributed by atoms with E-state index in [1.807, 2.05) is 0 Å². The molecule has 0 bridgehead atoms. The van der Waals surface area contributed by atoms with E-state index in [0.29, 0.717) is 19.0 Å². The molecule has 1 rings (SSSR count). The highest BCUT2D eigenvalue weighted by atomic mass is 16.1. The molecule has 11 heavy (non-hydrogen) atoms. The smallest absolute Gasteiger partial charge is 0.221 e. The summed E-state index contributed by atoms with van der Waals surface area (Å²) < 4.78 is 0. The third-order valence-electron chi connectivity index (χ3n) is 2.11. The molecule has 0 atom stereocenters. The molecule has 1 fully saturated rings. The maximum absolute atomic E-state index is 11.0. The lowest BCUT2D eigenvalue weighted by Gasteiger charge is -2.33. The van der Waals surface area contributed by atoms with Gasteiger partial charge in [-0.05, 0) is 18.8 Å². The van der Waals surface area contributed by atoms with Crippen LogP contribution in [0.1, 0.15) is 26.2 Å². The Morgan fingerprint density at radius 2 is 2.27 bits per heavy atom. The largest absolute Gasteiger partial charge is 0.353 e. The Labute approximate surface area is 67.3 Å². The predicted octanol–water partition coefficient (Wildman–Crippen LogP) is 0.250. The van der Waals surface area contributed by atoms with Crippen molar-refractivity contribution in [1.82, 2.24) is 5.32 Å². The highest BCUT2D eigenvalue weighted by Crippen LogP contribution is 2.26. The number of amides is 1. The Balaban J connectivity index is 2.07. The normalized spacial score (nSPS) is 29.3. The molecule has 0 aromatic heterocycles. The zero-order chi connectivity index (χ0) is 8.27. The lowest BCUT2D eigenvalue weighted by Crippen LogP contribution is -2.43. The molecule has 0 heterocycles. The molecule has 64 valence electrons. The topological polar surface area (TPSA) is 55.1 Å². The van der Waals surface area contributed by atoms with E-state index in [2.05, 4.69) is 12.2 Å². The minimum atomic E-state index is 0.101. The summed E-state index contributed by atoms with van der Waals surface area (Å²) in [5, 5.41) is 2.93. The van der Waals surface area contributed by atoms with Crippen LogP contribution in [0.5, 0.6) is 0 Å². The molecule has 3 heteroatoms. The van der Waals surface area contributed by atoms with Gasteiger partial charge in [-0.25, -0.2) is 0 Å². The van der Waals surface area contributed by atoms with Gasteiger partial charge in [0.15, 0.2) is 0 Å². The van der Waals surface area contributed by atoms with E-state index < -0.39 is 0 Å². The summed E-state index contributed by atoms with van der Waals surface area (Å²) in [6.45, 7) is 2.65. The monoisotopic (exact) mass is 156 g/mol. The molecule has 1 amide bonds. The molecule has 1 aliphatic carbocycles. The maximum Gasteiger partial charge on any atom is 0.221 e. The molecule has 0 unspecified atom stereocenters. The van der Waals surface area contributed by atoms with E-state index in [0.717, 1.165) is 18.8 Å². The van der Waals surface area contributed by atoms with Crippen molar-refractivity contribution in [3.63, 3.8) is 0 Å². The molecule has 3 nitrogen and oxygen atoms in total. The van der Waals surface area contributed by atoms with E-state index in [4.69, 9.17) is 5.73 Å². The first-order valence-electron chi connectivity index (χ1n) is 4.21. The minimum Gasteiger partial charge on any atom is -0.353 e. The van der Waals surface area contributed by atoms with Crippen LogP contribution in [0.3, 0.4) is 0 Å². The zero-order valence-electron chi connectivity index (χ0n) is 6.97. The first-order chi connectivity index (χ1) is 5.22. The summed E-state index contributed by atoms with van der Waals surface area (Å²) in [4.78, 5) is 11.0. The number of carbonyl (C=O) groups is 1. The fraction of sp³-hybridized carbons (Fsp3) is 0.875. The molecule has 0 spiro atoms. The van der Waals surface area contributed by atoms with Gasteiger partial charge in [0.2, 0.25) is 5.91 Å². The van der Waals surface area contributed by atoms with Gasteiger partial charge in [0.25, 0.3) is 0 Å². The zero-order valence-corrected chi connectivity index (χ0v) is 6.97. The summed E-state index contributed by atoms with van der Waals surface area (Å²) in [5.74, 6) is 0.891. The quantitative estimate of drug-likeness (QED) is 0.615. The Bertz CT molecular complexity index is 141. The first-order valence-corrected chi connectivity index (χ1v) is 4.21. The third-order valence-corrected chi connectivity index (χ3v) is 2.11. The summed E-state index contributed by atoms with van der Waals surface area (Å²) in [6.07, 6.45) is 2.73. The van der Waals surface area contributed by atoms with Crippen LogP contribution in [0.15, 0.2) is 0 Å². The molecular weight excluding hydrogens is 140 g/mol. The van der Waals surface area contributed by atoms with E-state index in [-0.39, 0.29) is 5.91 Å². The number of nitrogens with one attached hydrogen (secondary N) is 1. The second kappa shape index (κ2) is 3.72. The first kappa shape index (κ1) is 8.53.